The maximum Gasteiger partial charge on any atom is 0.224 e. The number of piperazine rings is 1. The van der Waals surface area contributed by atoms with E-state index in [4.69, 9.17) is 5.73 Å². The van der Waals surface area contributed by atoms with Crippen molar-refractivity contribution >= 4 is 47.2 Å². The Morgan fingerprint density at radius 2 is 2.00 bits per heavy atom. The Kier molecular flexibility index (Phi) is 9.20. The topological polar surface area (TPSA) is 62.5 Å². The molecule has 2 N–H and O–H groups in total. The molecule has 0 spiro atoms. The smallest absolute Gasteiger partial charge is 0.224 e. The fourth-order valence-electron chi connectivity index (χ4n) is 2.16. The number of nitrogens with two attached hydrogens (primary N) is 1. The minimum Gasteiger partial charge on any atom is -0.345 e. The summed E-state index contributed by atoms with van der Waals surface area (Å²) >= 11 is 1.75. The molecular formula is C13H24Cl2N4OS. The normalized spacial score (nSPS) is 16.0. The minimum atomic E-state index is -0.0587. The van der Waals surface area contributed by atoms with Gasteiger partial charge in [-0.15, -0.1) is 36.2 Å². The number of rotatable bonds is 4. The molecule has 1 atom stereocenters. The van der Waals surface area contributed by atoms with Crippen molar-refractivity contribution in [3.05, 3.63) is 11.1 Å². The van der Waals surface area contributed by atoms with E-state index < -0.39 is 0 Å². The van der Waals surface area contributed by atoms with Crippen molar-refractivity contribution in [3.63, 3.8) is 0 Å². The molecule has 5 nitrogen and oxygen atoms in total. The van der Waals surface area contributed by atoms with Gasteiger partial charge in [-0.25, -0.2) is 4.98 Å². The molecule has 8 heteroatoms. The lowest BCUT2D eigenvalue weighted by Crippen LogP contribution is -2.49. The summed E-state index contributed by atoms with van der Waals surface area (Å²) in [6.07, 6.45) is 3.43. The molecule has 122 valence electrons. The summed E-state index contributed by atoms with van der Waals surface area (Å²) in [6.45, 7) is 7.28. The third-order valence-electron chi connectivity index (χ3n) is 3.29. The van der Waals surface area contributed by atoms with E-state index in [1.54, 1.807) is 11.3 Å². The summed E-state index contributed by atoms with van der Waals surface area (Å²) in [6, 6.07) is -0.0587. The number of hydrogen-bond donors (Lipinski definition) is 1. The summed E-state index contributed by atoms with van der Waals surface area (Å²) in [7, 11) is 0. The summed E-state index contributed by atoms with van der Waals surface area (Å²) < 4.78 is 0. The van der Waals surface area contributed by atoms with Crippen LogP contribution in [0.4, 0.5) is 5.13 Å². The Morgan fingerprint density at radius 1 is 1.38 bits per heavy atom. The molecule has 1 aliphatic rings. The van der Waals surface area contributed by atoms with Crippen LogP contribution in [0.3, 0.4) is 0 Å². The van der Waals surface area contributed by atoms with Crippen molar-refractivity contribution in [3.8, 4) is 0 Å². The Morgan fingerprint density at radius 3 is 2.48 bits per heavy atom. The first-order chi connectivity index (χ1) is 9.10. The standard InChI is InChI=1S/C13H22N4OS.2ClH/c1-3-11-9-15-13(19-11)17-6-4-16(5-7-17)12(18)8-10(2)14;;/h9-10H,3-8,14H2,1-2H3;2*1H. The SMILES string of the molecule is CCc1cnc(N2CCN(C(=O)CC(C)N)CC2)s1.Cl.Cl. The van der Waals surface area contributed by atoms with Gasteiger partial charge >= 0.3 is 0 Å². The van der Waals surface area contributed by atoms with E-state index in [1.165, 1.54) is 4.88 Å². The Labute approximate surface area is 142 Å². The summed E-state index contributed by atoms with van der Waals surface area (Å²) in [5.41, 5.74) is 5.67. The molecule has 21 heavy (non-hydrogen) atoms. The number of halogens is 2. The molecule has 1 unspecified atom stereocenters. The molecule has 2 heterocycles. The molecule has 1 fully saturated rings. The first-order valence-corrected chi connectivity index (χ1v) is 7.64. The molecule has 1 aliphatic heterocycles. The van der Waals surface area contributed by atoms with E-state index in [-0.39, 0.29) is 36.8 Å². The highest BCUT2D eigenvalue weighted by atomic mass is 35.5. The lowest BCUT2D eigenvalue weighted by molar-refractivity contribution is -0.131. The number of nitrogens with zero attached hydrogens (tertiary/aromatic N) is 3. The first-order valence-electron chi connectivity index (χ1n) is 6.83. The van der Waals surface area contributed by atoms with Crippen LogP contribution in [0.2, 0.25) is 0 Å². The van der Waals surface area contributed by atoms with Gasteiger partial charge in [0.15, 0.2) is 5.13 Å². The van der Waals surface area contributed by atoms with Crippen LogP contribution in [0.15, 0.2) is 6.20 Å². The third-order valence-corrected chi connectivity index (χ3v) is 4.49. The van der Waals surface area contributed by atoms with Crippen LogP contribution in [0.1, 0.15) is 25.1 Å². The van der Waals surface area contributed by atoms with Gasteiger partial charge in [-0.2, -0.15) is 0 Å². The molecule has 0 radical (unpaired) electrons. The Hall–Kier alpha value is -0.560. The molecule has 0 bridgehead atoms. The van der Waals surface area contributed by atoms with E-state index >= 15 is 0 Å². The first kappa shape index (κ1) is 20.4. The second-order valence-electron chi connectivity index (χ2n) is 5.01. The zero-order chi connectivity index (χ0) is 13.8. The third kappa shape index (κ3) is 5.62. The number of carbonyl (C=O) groups excluding carboxylic acids is 1. The van der Waals surface area contributed by atoms with Gasteiger partial charge in [0.2, 0.25) is 5.91 Å². The number of amides is 1. The van der Waals surface area contributed by atoms with E-state index in [0.29, 0.717) is 6.42 Å². The van der Waals surface area contributed by atoms with Crippen LogP contribution in [-0.4, -0.2) is 48.0 Å². The number of carbonyl (C=O) groups is 1. The highest BCUT2D eigenvalue weighted by molar-refractivity contribution is 7.15. The quantitative estimate of drug-likeness (QED) is 0.897. The van der Waals surface area contributed by atoms with Gasteiger partial charge in [0.25, 0.3) is 0 Å². The van der Waals surface area contributed by atoms with E-state index in [2.05, 4.69) is 16.8 Å². The lowest BCUT2D eigenvalue weighted by Gasteiger charge is -2.34. The largest absolute Gasteiger partial charge is 0.345 e. The average Bonchev–Trinajstić information content (AvgIpc) is 2.87. The summed E-state index contributed by atoms with van der Waals surface area (Å²) in [5, 5.41) is 1.08. The van der Waals surface area contributed by atoms with Crippen molar-refractivity contribution in [1.82, 2.24) is 9.88 Å². The van der Waals surface area contributed by atoms with Gasteiger partial charge in [-0.1, -0.05) is 6.92 Å². The number of anilines is 1. The van der Waals surface area contributed by atoms with Gasteiger partial charge in [0.1, 0.15) is 0 Å². The Bertz CT molecular complexity index is 434. The highest BCUT2D eigenvalue weighted by Crippen LogP contribution is 2.23. The fourth-order valence-corrected chi connectivity index (χ4v) is 3.06. The van der Waals surface area contributed by atoms with Crippen LogP contribution < -0.4 is 10.6 Å². The van der Waals surface area contributed by atoms with Crippen LogP contribution in [0.5, 0.6) is 0 Å². The zero-order valence-corrected chi connectivity index (χ0v) is 14.9. The van der Waals surface area contributed by atoms with Crippen molar-refractivity contribution in [2.75, 3.05) is 31.1 Å². The molecular weight excluding hydrogens is 331 g/mol. The minimum absolute atomic E-state index is 0. The summed E-state index contributed by atoms with van der Waals surface area (Å²) in [4.78, 5) is 21.9. The maximum atomic E-state index is 11.9. The van der Waals surface area contributed by atoms with E-state index in [9.17, 15) is 4.79 Å². The second-order valence-corrected chi connectivity index (χ2v) is 6.11. The molecule has 1 aromatic heterocycles. The predicted octanol–water partition coefficient (Wildman–Crippen LogP) is 1.94. The average molecular weight is 355 g/mol. The molecule has 1 aromatic rings. The van der Waals surface area contributed by atoms with Gasteiger partial charge < -0.3 is 15.5 Å². The van der Waals surface area contributed by atoms with Gasteiger partial charge in [0, 0.05) is 49.7 Å². The lowest BCUT2D eigenvalue weighted by atomic mass is 10.2. The van der Waals surface area contributed by atoms with Crippen LogP contribution in [0, 0.1) is 0 Å². The molecule has 1 saturated heterocycles. The van der Waals surface area contributed by atoms with Crippen molar-refractivity contribution in [2.45, 2.75) is 32.7 Å². The molecule has 2 rings (SSSR count). The van der Waals surface area contributed by atoms with Crippen molar-refractivity contribution in [2.24, 2.45) is 5.73 Å². The molecule has 0 aromatic carbocycles. The number of aryl methyl sites for hydroxylation is 1. The molecule has 0 aliphatic carbocycles. The Balaban J connectivity index is 0.00000200. The van der Waals surface area contributed by atoms with Gasteiger partial charge in [-0.05, 0) is 13.3 Å². The van der Waals surface area contributed by atoms with E-state index in [0.717, 1.165) is 37.7 Å². The van der Waals surface area contributed by atoms with E-state index in [1.807, 2.05) is 18.0 Å². The van der Waals surface area contributed by atoms with Crippen molar-refractivity contribution in [1.29, 1.82) is 0 Å². The monoisotopic (exact) mass is 354 g/mol. The molecule has 0 saturated carbocycles. The van der Waals surface area contributed by atoms with Crippen molar-refractivity contribution < 1.29 is 4.79 Å². The zero-order valence-electron chi connectivity index (χ0n) is 12.4. The van der Waals surface area contributed by atoms with Crippen LogP contribution in [-0.2, 0) is 11.2 Å². The van der Waals surface area contributed by atoms with Crippen LogP contribution >= 0.6 is 36.2 Å². The molecule has 1 amide bonds. The summed E-state index contributed by atoms with van der Waals surface area (Å²) in [5.74, 6) is 0.169. The number of aromatic nitrogens is 1. The number of thiazole rings is 1. The van der Waals surface area contributed by atoms with Gasteiger partial charge in [0.05, 0.1) is 0 Å². The second kappa shape index (κ2) is 9.46. The van der Waals surface area contributed by atoms with Crippen LogP contribution in [0.25, 0.3) is 0 Å². The number of hydrogen-bond acceptors (Lipinski definition) is 5. The maximum absolute atomic E-state index is 11.9. The highest BCUT2D eigenvalue weighted by Gasteiger charge is 2.23. The van der Waals surface area contributed by atoms with Gasteiger partial charge in [-0.3, -0.25) is 4.79 Å². The predicted molar refractivity (Wildman–Crippen MR) is 93.0 cm³/mol. The fraction of sp³-hybridized carbons (Fsp3) is 0.692.